The van der Waals surface area contributed by atoms with Gasteiger partial charge in [-0.2, -0.15) is 0 Å². The van der Waals surface area contributed by atoms with Crippen LogP contribution in [0.15, 0.2) is 36.5 Å². The van der Waals surface area contributed by atoms with Crippen LogP contribution < -0.4 is 15.4 Å². The molecule has 0 saturated carbocycles. The van der Waals surface area contributed by atoms with Gasteiger partial charge in [0.2, 0.25) is 5.88 Å². The first-order chi connectivity index (χ1) is 12.6. The number of nitrogens with zero attached hydrogens (tertiary/aromatic N) is 1. The van der Waals surface area contributed by atoms with Crippen molar-refractivity contribution < 1.29 is 18.3 Å². The Labute approximate surface area is 149 Å². The molecule has 3 heterocycles. The molecule has 2 saturated heterocycles. The number of hydrogen-bond acceptors (Lipinski definition) is 4. The molecule has 26 heavy (non-hydrogen) atoms. The first-order valence-electron chi connectivity index (χ1n) is 8.73. The summed E-state index contributed by atoms with van der Waals surface area (Å²) in [5, 5.41) is 6.48. The highest BCUT2D eigenvalue weighted by Gasteiger charge is 2.34. The van der Waals surface area contributed by atoms with Crippen molar-refractivity contribution in [1.82, 2.24) is 15.6 Å². The summed E-state index contributed by atoms with van der Waals surface area (Å²) in [6.45, 7) is 0. The van der Waals surface area contributed by atoms with Gasteiger partial charge in [-0.05, 0) is 56.0 Å². The standard InChI is InChI=1S/C19H19F2N3O2/c20-11-1-5-16(6-2-11)26-19-17(7-12(21)10-22-19)18(25)24-15-8-13-3-4-14(9-15)23-13/h1-2,5-7,10,13-15,23H,3-4,8-9H2,(H,24,25). The Morgan fingerprint density at radius 3 is 2.50 bits per heavy atom. The summed E-state index contributed by atoms with van der Waals surface area (Å²) in [5.74, 6) is -1.12. The van der Waals surface area contributed by atoms with Crippen molar-refractivity contribution in [3.63, 3.8) is 0 Å². The molecule has 1 aromatic carbocycles. The molecule has 2 aliphatic rings. The van der Waals surface area contributed by atoms with Crippen LogP contribution >= 0.6 is 0 Å². The highest BCUT2D eigenvalue weighted by atomic mass is 19.1. The zero-order valence-electron chi connectivity index (χ0n) is 14.0. The zero-order chi connectivity index (χ0) is 18.1. The van der Waals surface area contributed by atoms with E-state index in [0.717, 1.165) is 37.9 Å². The summed E-state index contributed by atoms with van der Waals surface area (Å²) in [6.07, 6.45) is 4.95. The van der Waals surface area contributed by atoms with Crippen LogP contribution in [0.25, 0.3) is 0 Å². The minimum Gasteiger partial charge on any atom is -0.438 e. The van der Waals surface area contributed by atoms with E-state index in [2.05, 4.69) is 15.6 Å². The number of carbonyl (C=O) groups excluding carboxylic acids is 1. The SMILES string of the molecule is O=C(NC1CC2CCC(C1)N2)c1cc(F)cnc1Oc1ccc(F)cc1. The predicted molar refractivity (Wildman–Crippen MR) is 91.1 cm³/mol. The van der Waals surface area contributed by atoms with Gasteiger partial charge in [0.05, 0.1) is 6.20 Å². The first-order valence-corrected chi connectivity index (χ1v) is 8.73. The molecule has 4 rings (SSSR count). The molecule has 2 N–H and O–H groups in total. The quantitative estimate of drug-likeness (QED) is 0.880. The third-order valence-electron chi connectivity index (χ3n) is 4.90. The van der Waals surface area contributed by atoms with Gasteiger partial charge in [-0.25, -0.2) is 13.8 Å². The Morgan fingerprint density at radius 1 is 1.12 bits per heavy atom. The molecule has 1 aromatic heterocycles. The lowest BCUT2D eigenvalue weighted by molar-refractivity contribution is 0.0920. The third kappa shape index (κ3) is 3.67. The van der Waals surface area contributed by atoms with Crippen LogP contribution in [0.2, 0.25) is 0 Å². The molecule has 2 aliphatic heterocycles. The largest absolute Gasteiger partial charge is 0.438 e. The van der Waals surface area contributed by atoms with Gasteiger partial charge >= 0.3 is 0 Å². The summed E-state index contributed by atoms with van der Waals surface area (Å²) in [5.41, 5.74) is 0.0280. The zero-order valence-corrected chi connectivity index (χ0v) is 14.0. The fourth-order valence-electron chi connectivity index (χ4n) is 3.72. The van der Waals surface area contributed by atoms with Gasteiger partial charge in [-0.3, -0.25) is 4.79 Å². The van der Waals surface area contributed by atoms with Gasteiger partial charge in [0.25, 0.3) is 5.91 Å². The third-order valence-corrected chi connectivity index (χ3v) is 4.90. The van der Waals surface area contributed by atoms with E-state index in [1.54, 1.807) is 0 Å². The Bertz CT molecular complexity index is 801. The Hall–Kier alpha value is -2.54. The van der Waals surface area contributed by atoms with Gasteiger partial charge in [-0.15, -0.1) is 0 Å². The first kappa shape index (κ1) is 16.9. The van der Waals surface area contributed by atoms with Crippen LogP contribution in [0, 0.1) is 11.6 Å². The van der Waals surface area contributed by atoms with Crippen molar-refractivity contribution in [2.75, 3.05) is 0 Å². The lowest BCUT2D eigenvalue weighted by Crippen LogP contribution is -2.48. The number of pyridine rings is 1. The normalized spacial score (nSPS) is 24.3. The van der Waals surface area contributed by atoms with Crippen molar-refractivity contribution in [3.8, 4) is 11.6 Å². The van der Waals surface area contributed by atoms with Gasteiger partial charge in [0.1, 0.15) is 22.9 Å². The van der Waals surface area contributed by atoms with Crippen LogP contribution in [0.4, 0.5) is 8.78 Å². The van der Waals surface area contributed by atoms with Gasteiger partial charge in [-0.1, -0.05) is 0 Å². The predicted octanol–water partition coefficient (Wildman–Crippen LogP) is 3.16. The number of ether oxygens (including phenoxy) is 1. The van der Waals surface area contributed by atoms with Crippen LogP contribution in [-0.4, -0.2) is 29.0 Å². The van der Waals surface area contributed by atoms with E-state index in [1.165, 1.54) is 24.3 Å². The van der Waals surface area contributed by atoms with E-state index in [0.29, 0.717) is 17.8 Å². The minimum atomic E-state index is -0.619. The van der Waals surface area contributed by atoms with Crippen molar-refractivity contribution in [2.45, 2.75) is 43.8 Å². The van der Waals surface area contributed by atoms with Crippen LogP contribution in [-0.2, 0) is 0 Å². The van der Waals surface area contributed by atoms with E-state index in [9.17, 15) is 13.6 Å². The molecule has 0 spiro atoms. The average Bonchev–Trinajstić information content (AvgIpc) is 2.97. The monoisotopic (exact) mass is 359 g/mol. The smallest absolute Gasteiger partial charge is 0.257 e. The Balaban J connectivity index is 1.52. The molecule has 7 heteroatoms. The molecule has 5 nitrogen and oxygen atoms in total. The number of amides is 1. The summed E-state index contributed by atoms with van der Waals surface area (Å²) >= 11 is 0. The number of piperidine rings is 1. The second kappa shape index (κ2) is 6.99. The minimum absolute atomic E-state index is 0.00702. The topological polar surface area (TPSA) is 63.2 Å². The van der Waals surface area contributed by atoms with Crippen molar-refractivity contribution in [1.29, 1.82) is 0 Å². The molecule has 136 valence electrons. The Morgan fingerprint density at radius 2 is 1.81 bits per heavy atom. The highest BCUT2D eigenvalue weighted by molar-refractivity contribution is 5.96. The molecule has 0 aliphatic carbocycles. The molecule has 2 unspecified atom stereocenters. The van der Waals surface area contributed by atoms with Crippen LogP contribution in [0.1, 0.15) is 36.0 Å². The number of benzene rings is 1. The average molecular weight is 359 g/mol. The number of carbonyl (C=O) groups is 1. The molecule has 0 radical (unpaired) electrons. The maximum absolute atomic E-state index is 13.7. The van der Waals surface area contributed by atoms with Gasteiger partial charge in [0.15, 0.2) is 0 Å². The summed E-state index contributed by atoms with van der Waals surface area (Å²) in [7, 11) is 0. The van der Waals surface area contributed by atoms with E-state index >= 15 is 0 Å². The molecular formula is C19H19F2N3O2. The van der Waals surface area contributed by atoms with Crippen LogP contribution in [0.5, 0.6) is 11.6 Å². The van der Waals surface area contributed by atoms with E-state index in [1.807, 2.05) is 0 Å². The number of aromatic nitrogens is 1. The van der Waals surface area contributed by atoms with Crippen molar-refractivity contribution >= 4 is 5.91 Å². The molecule has 2 atom stereocenters. The number of fused-ring (bicyclic) bond motifs is 2. The molecule has 2 bridgehead atoms. The summed E-state index contributed by atoms with van der Waals surface area (Å²) < 4.78 is 32.2. The number of hydrogen-bond donors (Lipinski definition) is 2. The highest BCUT2D eigenvalue weighted by Crippen LogP contribution is 2.28. The second-order valence-corrected chi connectivity index (χ2v) is 6.84. The maximum Gasteiger partial charge on any atom is 0.257 e. The number of rotatable bonds is 4. The molecular weight excluding hydrogens is 340 g/mol. The van der Waals surface area contributed by atoms with Crippen molar-refractivity contribution in [3.05, 3.63) is 53.7 Å². The van der Waals surface area contributed by atoms with E-state index in [-0.39, 0.29) is 17.5 Å². The maximum atomic E-state index is 13.7. The second-order valence-electron chi connectivity index (χ2n) is 6.84. The van der Waals surface area contributed by atoms with Crippen LogP contribution in [0.3, 0.4) is 0 Å². The van der Waals surface area contributed by atoms with Gasteiger partial charge in [0, 0.05) is 18.1 Å². The van der Waals surface area contributed by atoms with Gasteiger partial charge < -0.3 is 15.4 Å². The van der Waals surface area contributed by atoms with E-state index in [4.69, 9.17) is 4.74 Å². The fourth-order valence-corrected chi connectivity index (χ4v) is 3.72. The number of halogens is 2. The summed E-state index contributed by atoms with van der Waals surface area (Å²) in [6, 6.07) is 7.34. The summed E-state index contributed by atoms with van der Waals surface area (Å²) in [4.78, 5) is 16.6. The molecule has 2 aromatic rings. The Kier molecular flexibility index (Phi) is 4.55. The lowest BCUT2D eigenvalue weighted by Gasteiger charge is -2.29. The lowest BCUT2D eigenvalue weighted by atomic mass is 9.99. The molecule has 1 amide bonds. The number of nitrogens with one attached hydrogen (secondary N) is 2. The molecule has 2 fully saturated rings. The van der Waals surface area contributed by atoms with Crippen molar-refractivity contribution in [2.24, 2.45) is 0 Å². The fraction of sp³-hybridized carbons (Fsp3) is 0.368. The van der Waals surface area contributed by atoms with E-state index < -0.39 is 17.5 Å².